The molecule has 406 valence electrons. The van der Waals surface area contributed by atoms with E-state index >= 15 is 0 Å². The highest BCUT2D eigenvalue weighted by Gasteiger charge is 2.28. The van der Waals surface area contributed by atoms with E-state index < -0.39 is 57.8 Å². The first-order chi connectivity index (χ1) is 34.2. The van der Waals surface area contributed by atoms with Crippen LogP contribution in [0.1, 0.15) is 252 Å². The number of rotatable bonds is 52. The molecule has 0 rings (SSSR count). The number of unbranched alkanes of at least 4 members (excludes halogenated alkanes) is 25. The van der Waals surface area contributed by atoms with Gasteiger partial charge >= 0.3 is 25.7 Å². The third-order valence-corrected chi connectivity index (χ3v) is 12.9. The van der Waals surface area contributed by atoms with Crippen molar-refractivity contribution < 1.29 is 52.2 Å². The van der Waals surface area contributed by atoms with E-state index in [1.165, 1.54) is 70.6 Å². The van der Waals surface area contributed by atoms with E-state index in [1.807, 2.05) is 0 Å². The average molecular weight is 1010 g/mol. The standard InChI is InChI=1S/C58H103O11P/c1-4-7-10-13-16-19-22-24-25-26-27-28-29-31-34-37-40-43-46-49-58(62)69-55(51-65-56(60)47-44-41-38-35-32-21-18-15-12-9-6-3)53-67-70(63,64)66-52-54(50-59)68-57(61)48-45-42-39-36-33-30-23-20-17-14-11-8-5-2/h7,10,15-16,18-19,24-25,27-28,54-55,59H,4-6,8-9,11-14,17,20-23,26,29-53H2,1-3H3,(H,63,64)/b10-7-,18-15-,19-16-,25-24-,28-27-. The first-order valence-electron chi connectivity index (χ1n) is 28.2. The van der Waals surface area contributed by atoms with Crippen molar-refractivity contribution in [2.45, 2.75) is 264 Å². The fourth-order valence-electron chi connectivity index (χ4n) is 7.62. The van der Waals surface area contributed by atoms with Crippen LogP contribution in [0, 0.1) is 0 Å². The molecule has 0 spiro atoms. The lowest BCUT2D eigenvalue weighted by Crippen LogP contribution is -2.30. The fraction of sp³-hybridized carbons (Fsp3) is 0.776. The molecule has 0 aromatic carbocycles. The minimum Gasteiger partial charge on any atom is -0.462 e. The number of phosphoric ester groups is 1. The second-order valence-electron chi connectivity index (χ2n) is 18.7. The highest BCUT2D eigenvalue weighted by Crippen LogP contribution is 2.43. The van der Waals surface area contributed by atoms with Crippen LogP contribution >= 0.6 is 7.82 Å². The Balaban J connectivity index is 4.72. The molecule has 11 nitrogen and oxygen atoms in total. The first-order valence-corrected chi connectivity index (χ1v) is 29.7. The van der Waals surface area contributed by atoms with Gasteiger partial charge in [0.15, 0.2) is 6.10 Å². The van der Waals surface area contributed by atoms with E-state index in [1.54, 1.807) is 0 Å². The molecule has 2 N–H and O–H groups in total. The molecule has 12 heteroatoms. The van der Waals surface area contributed by atoms with Gasteiger partial charge in [0.05, 0.1) is 19.8 Å². The van der Waals surface area contributed by atoms with Gasteiger partial charge in [-0.2, -0.15) is 0 Å². The van der Waals surface area contributed by atoms with Crippen LogP contribution in [0.5, 0.6) is 0 Å². The van der Waals surface area contributed by atoms with Gasteiger partial charge in [0.2, 0.25) is 0 Å². The number of hydrogen-bond donors (Lipinski definition) is 2. The number of ether oxygens (including phenoxy) is 3. The summed E-state index contributed by atoms with van der Waals surface area (Å²) >= 11 is 0. The van der Waals surface area contributed by atoms with E-state index in [9.17, 15) is 28.9 Å². The number of carbonyl (C=O) groups excluding carboxylic acids is 3. The Bertz CT molecular complexity index is 1410. The molecular weight excluding hydrogens is 904 g/mol. The Morgan fingerprint density at radius 2 is 0.757 bits per heavy atom. The van der Waals surface area contributed by atoms with Crippen molar-refractivity contribution in [1.29, 1.82) is 0 Å². The maximum Gasteiger partial charge on any atom is 0.472 e. The summed E-state index contributed by atoms with van der Waals surface area (Å²) < 4.78 is 39.4. The van der Waals surface area contributed by atoms with Gasteiger partial charge in [-0.3, -0.25) is 23.4 Å². The average Bonchev–Trinajstić information content (AvgIpc) is 3.35. The lowest BCUT2D eigenvalue weighted by Gasteiger charge is -2.21. The maximum absolute atomic E-state index is 12.9. The molecule has 3 unspecified atom stereocenters. The van der Waals surface area contributed by atoms with Gasteiger partial charge in [0.1, 0.15) is 12.7 Å². The molecule has 0 amide bonds. The fourth-order valence-corrected chi connectivity index (χ4v) is 8.41. The number of phosphoric acid groups is 1. The molecule has 0 radical (unpaired) electrons. The minimum atomic E-state index is -4.75. The molecule has 0 heterocycles. The maximum atomic E-state index is 12.9. The monoisotopic (exact) mass is 1010 g/mol. The van der Waals surface area contributed by atoms with Crippen molar-refractivity contribution in [2.24, 2.45) is 0 Å². The van der Waals surface area contributed by atoms with Crippen LogP contribution in [0.3, 0.4) is 0 Å². The molecule has 0 aromatic rings. The second-order valence-corrected chi connectivity index (χ2v) is 20.2. The molecule has 0 aliphatic heterocycles. The van der Waals surface area contributed by atoms with Gasteiger partial charge < -0.3 is 24.2 Å². The van der Waals surface area contributed by atoms with Crippen LogP contribution in [0.15, 0.2) is 60.8 Å². The highest BCUT2D eigenvalue weighted by molar-refractivity contribution is 7.47. The molecule has 0 fully saturated rings. The van der Waals surface area contributed by atoms with Crippen molar-refractivity contribution in [3.8, 4) is 0 Å². The molecule has 0 saturated heterocycles. The number of carbonyl (C=O) groups is 3. The van der Waals surface area contributed by atoms with Crippen LogP contribution in [0.25, 0.3) is 0 Å². The van der Waals surface area contributed by atoms with Gasteiger partial charge in [-0.05, 0) is 77.0 Å². The van der Waals surface area contributed by atoms with Crippen LogP contribution in [0.4, 0.5) is 0 Å². The summed E-state index contributed by atoms with van der Waals surface area (Å²) in [6.07, 6.45) is 56.1. The van der Waals surface area contributed by atoms with Gasteiger partial charge in [0.25, 0.3) is 0 Å². The van der Waals surface area contributed by atoms with Crippen LogP contribution in [-0.4, -0.2) is 66.5 Å². The van der Waals surface area contributed by atoms with Crippen molar-refractivity contribution in [3.05, 3.63) is 60.8 Å². The summed E-state index contributed by atoms with van der Waals surface area (Å²) in [4.78, 5) is 48.4. The van der Waals surface area contributed by atoms with Crippen LogP contribution in [-0.2, 0) is 42.2 Å². The Morgan fingerprint density at radius 3 is 1.20 bits per heavy atom. The van der Waals surface area contributed by atoms with Crippen molar-refractivity contribution >= 4 is 25.7 Å². The summed E-state index contributed by atoms with van der Waals surface area (Å²) in [6, 6.07) is 0. The zero-order valence-electron chi connectivity index (χ0n) is 44.7. The highest BCUT2D eigenvalue weighted by atomic mass is 31.2. The number of aliphatic hydroxyl groups is 1. The first kappa shape index (κ1) is 67.2. The van der Waals surface area contributed by atoms with E-state index in [0.717, 1.165) is 122 Å². The third-order valence-electron chi connectivity index (χ3n) is 11.9. The Kier molecular flexibility index (Phi) is 50.4. The SMILES string of the molecule is CC/C=C\C/C=C\C/C=C\C/C=C\CCCCCCCCC(=O)OC(COC(=O)CCCCCCC/C=C\CCCC)COP(=O)(O)OCC(CO)OC(=O)CCCCCCCCCCCCCCC. The quantitative estimate of drug-likeness (QED) is 0.0197. The summed E-state index contributed by atoms with van der Waals surface area (Å²) in [5.74, 6) is -1.48. The Hall–Kier alpha value is -2.82. The predicted octanol–water partition coefficient (Wildman–Crippen LogP) is 16.4. The molecule has 0 saturated carbocycles. The second kappa shape index (κ2) is 52.5. The lowest BCUT2D eigenvalue weighted by molar-refractivity contribution is -0.161. The van der Waals surface area contributed by atoms with Crippen molar-refractivity contribution in [2.75, 3.05) is 26.4 Å². The van der Waals surface area contributed by atoms with Crippen LogP contribution in [0.2, 0.25) is 0 Å². The van der Waals surface area contributed by atoms with Crippen molar-refractivity contribution in [3.63, 3.8) is 0 Å². The van der Waals surface area contributed by atoms with E-state index in [4.69, 9.17) is 23.3 Å². The number of esters is 3. The van der Waals surface area contributed by atoms with Gasteiger partial charge in [-0.15, -0.1) is 0 Å². The zero-order valence-corrected chi connectivity index (χ0v) is 45.6. The normalized spacial score (nSPS) is 13.8. The molecule has 70 heavy (non-hydrogen) atoms. The molecule has 3 atom stereocenters. The lowest BCUT2D eigenvalue weighted by atomic mass is 10.0. The van der Waals surface area contributed by atoms with Gasteiger partial charge in [0, 0.05) is 19.3 Å². The minimum absolute atomic E-state index is 0.150. The zero-order chi connectivity index (χ0) is 51.3. The summed E-state index contributed by atoms with van der Waals surface area (Å²) in [6.45, 7) is 4.48. The Labute approximate surface area is 427 Å². The number of hydrogen-bond acceptors (Lipinski definition) is 10. The van der Waals surface area contributed by atoms with Crippen LogP contribution < -0.4 is 0 Å². The van der Waals surface area contributed by atoms with E-state index in [2.05, 4.69) is 81.5 Å². The predicted molar refractivity (Wildman–Crippen MR) is 288 cm³/mol. The molecule has 0 aliphatic carbocycles. The van der Waals surface area contributed by atoms with Gasteiger partial charge in [-0.25, -0.2) is 4.57 Å². The topological polar surface area (TPSA) is 155 Å². The summed E-state index contributed by atoms with van der Waals surface area (Å²) in [5.41, 5.74) is 0. The number of aliphatic hydroxyl groups excluding tert-OH is 1. The largest absolute Gasteiger partial charge is 0.472 e. The van der Waals surface area contributed by atoms with E-state index in [-0.39, 0.29) is 25.9 Å². The van der Waals surface area contributed by atoms with E-state index in [0.29, 0.717) is 19.3 Å². The Morgan fingerprint density at radius 1 is 0.414 bits per heavy atom. The summed E-state index contributed by atoms with van der Waals surface area (Å²) in [7, 11) is -4.75. The molecular formula is C58H103O11P. The smallest absolute Gasteiger partial charge is 0.462 e. The molecule has 0 aromatic heterocycles. The van der Waals surface area contributed by atoms with Gasteiger partial charge in [-0.1, -0.05) is 216 Å². The number of allylic oxidation sites excluding steroid dienone is 10. The molecule has 0 bridgehead atoms. The third kappa shape index (κ3) is 50.1. The molecule has 0 aliphatic rings. The van der Waals surface area contributed by atoms with Crippen molar-refractivity contribution in [1.82, 2.24) is 0 Å². The summed E-state index contributed by atoms with van der Waals surface area (Å²) in [5, 5.41) is 9.79.